The van der Waals surface area contributed by atoms with Gasteiger partial charge in [-0.15, -0.1) is 0 Å². The maximum absolute atomic E-state index is 13.0. The highest BCUT2D eigenvalue weighted by Crippen LogP contribution is 2.25. The van der Waals surface area contributed by atoms with Crippen LogP contribution in [0.3, 0.4) is 0 Å². The Morgan fingerprint density at radius 1 is 0.955 bits per heavy atom. The van der Waals surface area contributed by atoms with Gasteiger partial charge in [-0.3, -0.25) is 0 Å². The first-order valence-corrected chi connectivity index (χ1v) is 7.35. The third-order valence-electron chi connectivity index (χ3n) is 3.42. The average Bonchev–Trinajstić information content (AvgIpc) is 2.46. The van der Waals surface area contributed by atoms with E-state index in [0.717, 1.165) is 11.1 Å². The summed E-state index contributed by atoms with van der Waals surface area (Å²) in [5.74, 6) is -0.432. The molecule has 0 aliphatic rings. The molecule has 2 aromatic carbocycles. The second-order valence-corrected chi connectivity index (χ2v) is 6.40. The Morgan fingerprint density at radius 2 is 1.41 bits per heavy atom. The highest BCUT2D eigenvalue weighted by Gasteiger charge is 2.18. The van der Waals surface area contributed by atoms with Gasteiger partial charge >= 0.3 is 5.97 Å². The van der Waals surface area contributed by atoms with Crippen molar-refractivity contribution in [1.82, 2.24) is 0 Å². The van der Waals surface area contributed by atoms with Crippen LogP contribution in [0.1, 0.15) is 55.1 Å². The lowest BCUT2D eigenvalue weighted by molar-refractivity contribution is 0.00695. The van der Waals surface area contributed by atoms with Crippen LogP contribution in [-0.2, 0) is 4.74 Å². The predicted octanol–water partition coefficient (Wildman–Crippen LogP) is 4.93. The average molecular weight is 300 g/mol. The van der Waals surface area contributed by atoms with Crippen molar-refractivity contribution in [3.05, 3.63) is 71.0 Å². The van der Waals surface area contributed by atoms with Crippen molar-refractivity contribution in [2.24, 2.45) is 0 Å². The number of rotatable bonds is 3. The fourth-order valence-corrected chi connectivity index (χ4v) is 2.19. The molecule has 0 saturated carbocycles. The van der Waals surface area contributed by atoms with E-state index in [0.29, 0.717) is 5.56 Å². The zero-order valence-corrected chi connectivity index (χ0v) is 13.4. The van der Waals surface area contributed by atoms with E-state index in [2.05, 4.69) is 6.92 Å². The van der Waals surface area contributed by atoms with Gasteiger partial charge in [0.2, 0.25) is 0 Å². The Bertz CT molecular complexity index is 637. The normalized spacial score (nSPS) is 12.8. The minimum absolute atomic E-state index is 0.133. The van der Waals surface area contributed by atoms with Crippen molar-refractivity contribution >= 4 is 5.97 Å². The van der Waals surface area contributed by atoms with Gasteiger partial charge in [-0.1, -0.05) is 31.2 Å². The van der Waals surface area contributed by atoms with Crippen LogP contribution in [0.5, 0.6) is 0 Å². The molecule has 0 saturated heterocycles. The summed E-state index contributed by atoms with van der Waals surface area (Å²) in [5, 5.41) is 0. The molecule has 2 nitrogen and oxygen atoms in total. The smallest absolute Gasteiger partial charge is 0.338 e. The SMILES string of the molecule is CC(c1ccc(F)cc1)c1ccc(C(=O)OC(C)(C)C)cc1. The summed E-state index contributed by atoms with van der Waals surface area (Å²) in [6, 6.07) is 13.8. The lowest BCUT2D eigenvalue weighted by atomic mass is 9.92. The molecule has 0 aliphatic heterocycles. The first-order chi connectivity index (χ1) is 10.3. The van der Waals surface area contributed by atoms with Crippen LogP contribution in [0.2, 0.25) is 0 Å². The van der Waals surface area contributed by atoms with Crippen molar-refractivity contribution in [1.29, 1.82) is 0 Å². The monoisotopic (exact) mass is 300 g/mol. The summed E-state index contributed by atoms with van der Waals surface area (Å²) in [7, 11) is 0. The number of benzene rings is 2. The van der Waals surface area contributed by atoms with Crippen LogP contribution < -0.4 is 0 Å². The van der Waals surface area contributed by atoms with Gasteiger partial charge in [0.25, 0.3) is 0 Å². The lowest BCUT2D eigenvalue weighted by Crippen LogP contribution is -2.23. The Morgan fingerprint density at radius 3 is 1.86 bits per heavy atom. The van der Waals surface area contributed by atoms with E-state index >= 15 is 0 Å². The van der Waals surface area contributed by atoms with Crippen molar-refractivity contribution in [3.8, 4) is 0 Å². The van der Waals surface area contributed by atoms with E-state index in [4.69, 9.17) is 4.74 Å². The maximum atomic E-state index is 13.0. The molecule has 116 valence electrons. The highest BCUT2D eigenvalue weighted by molar-refractivity contribution is 5.89. The van der Waals surface area contributed by atoms with Gasteiger partial charge in [-0.2, -0.15) is 0 Å². The van der Waals surface area contributed by atoms with Crippen molar-refractivity contribution in [2.45, 2.75) is 39.2 Å². The zero-order valence-electron chi connectivity index (χ0n) is 13.4. The van der Waals surface area contributed by atoms with Crippen LogP contribution in [0.15, 0.2) is 48.5 Å². The zero-order chi connectivity index (χ0) is 16.3. The maximum Gasteiger partial charge on any atom is 0.338 e. The molecule has 0 aromatic heterocycles. The van der Waals surface area contributed by atoms with Crippen molar-refractivity contribution < 1.29 is 13.9 Å². The van der Waals surface area contributed by atoms with E-state index in [1.165, 1.54) is 12.1 Å². The molecule has 0 amide bonds. The number of hydrogen-bond acceptors (Lipinski definition) is 2. The van der Waals surface area contributed by atoms with Gasteiger partial charge in [0, 0.05) is 5.92 Å². The molecule has 3 heteroatoms. The van der Waals surface area contributed by atoms with Gasteiger partial charge < -0.3 is 4.74 Å². The van der Waals surface area contributed by atoms with Gasteiger partial charge in [0.1, 0.15) is 11.4 Å². The second kappa shape index (κ2) is 6.30. The fourth-order valence-electron chi connectivity index (χ4n) is 2.19. The van der Waals surface area contributed by atoms with Gasteiger partial charge in [-0.05, 0) is 56.2 Å². The summed E-state index contributed by atoms with van der Waals surface area (Å²) < 4.78 is 18.3. The Labute approximate surface area is 130 Å². The molecule has 1 unspecified atom stereocenters. The fraction of sp³-hybridized carbons (Fsp3) is 0.316. The molecule has 1 atom stereocenters. The number of ether oxygens (including phenoxy) is 1. The molecule has 0 spiro atoms. The number of carbonyl (C=O) groups is 1. The molecule has 0 radical (unpaired) electrons. The Balaban J connectivity index is 2.14. The largest absolute Gasteiger partial charge is 0.456 e. The van der Waals surface area contributed by atoms with E-state index in [9.17, 15) is 9.18 Å². The Kier molecular flexibility index (Phi) is 4.65. The van der Waals surface area contributed by atoms with Gasteiger partial charge in [0.05, 0.1) is 5.56 Å². The van der Waals surface area contributed by atoms with Gasteiger partial charge in [-0.25, -0.2) is 9.18 Å². The standard InChI is InChI=1S/C19H21FO2/c1-13(15-9-11-17(20)12-10-15)14-5-7-16(8-6-14)18(21)22-19(2,3)4/h5-13H,1-4H3. The molecule has 2 aromatic rings. The number of hydrogen-bond donors (Lipinski definition) is 0. The van der Waals surface area contributed by atoms with Crippen LogP contribution in [0, 0.1) is 5.82 Å². The first kappa shape index (κ1) is 16.2. The molecular weight excluding hydrogens is 279 g/mol. The summed E-state index contributed by atoms with van der Waals surface area (Å²) in [6.45, 7) is 7.58. The van der Waals surface area contributed by atoms with Crippen molar-refractivity contribution in [3.63, 3.8) is 0 Å². The summed E-state index contributed by atoms with van der Waals surface area (Å²) in [6.07, 6.45) is 0. The van der Waals surface area contributed by atoms with Crippen LogP contribution in [0.4, 0.5) is 4.39 Å². The molecule has 2 rings (SSSR count). The molecule has 0 N–H and O–H groups in total. The van der Waals surface area contributed by atoms with Crippen LogP contribution >= 0.6 is 0 Å². The first-order valence-electron chi connectivity index (χ1n) is 7.35. The minimum atomic E-state index is -0.503. The Hall–Kier alpha value is -2.16. The highest BCUT2D eigenvalue weighted by atomic mass is 19.1. The summed E-state index contributed by atoms with van der Waals surface area (Å²) in [4.78, 5) is 12.0. The van der Waals surface area contributed by atoms with E-state index in [-0.39, 0.29) is 17.7 Å². The third-order valence-corrected chi connectivity index (χ3v) is 3.42. The number of esters is 1. The molecule has 0 bridgehead atoms. The van der Waals surface area contributed by atoms with Gasteiger partial charge in [0.15, 0.2) is 0 Å². The predicted molar refractivity (Wildman–Crippen MR) is 85.5 cm³/mol. The van der Waals surface area contributed by atoms with E-state index < -0.39 is 5.60 Å². The molecule has 0 aliphatic carbocycles. The van der Waals surface area contributed by atoms with Crippen molar-refractivity contribution in [2.75, 3.05) is 0 Å². The minimum Gasteiger partial charge on any atom is -0.456 e. The summed E-state index contributed by atoms with van der Waals surface area (Å²) >= 11 is 0. The quantitative estimate of drug-likeness (QED) is 0.751. The van der Waals surface area contributed by atoms with E-state index in [1.54, 1.807) is 24.3 Å². The lowest BCUT2D eigenvalue weighted by Gasteiger charge is -2.19. The molecule has 0 heterocycles. The van der Waals surface area contributed by atoms with E-state index in [1.807, 2.05) is 32.9 Å². The molecular formula is C19H21FO2. The number of halogens is 1. The van der Waals surface area contributed by atoms with Crippen LogP contribution in [-0.4, -0.2) is 11.6 Å². The topological polar surface area (TPSA) is 26.3 Å². The van der Waals surface area contributed by atoms with Crippen LogP contribution in [0.25, 0.3) is 0 Å². The summed E-state index contributed by atoms with van der Waals surface area (Å²) in [5.41, 5.74) is 2.13. The second-order valence-electron chi connectivity index (χ2n) is 6.40. The molecule has 22 heavy (non-hydrogen) atoms. The number of carbonyl (C=O) groups excluding carboxylic acids is 1. The molecule has 0 fully saturated rings. The third kappa shape index (κ3) is 4.17.